The molecule has 112 valence electrons. The normalized spacial score (nSPS) is 20.8. The maximum Gasteiger partial charge on any atom is 0.156 e. The van der Waals surface area contributed by atoms with Crippen LogP contribution in [0.3, 0.4) is 0 Å². The highest BCUT2D eigenvalue weighted by Crippen LogP contribution is 2.26. The van der Waals surface area contributed by atoms with Crippen LogP contribution in [-0.2, 0) is 19.5 Å². The van der Waals surface area contributed by atoms with Gasteiger partial charge in [0.15, 0.2) is 5.84 Å². The number of nitrogens with two attached hydrogens (primary N) is 1. The van der Waals surface area contributed by atoms with Crippen molar-refractivity contribution in [3.8, 4) is 0 Å². The van der Waals surface area contributed by atoms with Crippen LogP contribution in [0.5, 0.6) is 0 Å². The Balaban J connectivity index is 2.23. The highest BCUT2D eigenvalue weighted by atomic mass is 35.5. The first-order valence-electron chi connectivity index (χ1n) is 7.07. The second-order valence-electron chi connectivity index (χ2n) is 5.03. The number of likely N-dealkylation sites (tertiary alicyclic amines) is 1. The zero-order valence-corrected chi connectivity index (χ0v) is 12.8. The molecule has 1 fully saturated rings. The van der Waals surface area contributed by atoms with Gasteiger partial charge in [0.05, 0.1) is 22.5 Å². The van der Waals surface area contributed by atoms with E-state index < -0.39 is 0 Å². The average Bonchev–Trinajstić information content (AvgIpc) is 3.04. The first-order valence-corrected chi connectivity index (χ1v) is 7.45. The molecule has 0 aromatic carbocycles. The van der Waals surface area contributed by atoms with E-state index >= 15 is 0 Å². The molecule has 0 amide bonds. The third-order valence-corrected chi connectivity index (χ3v) is 4.30. The molecule has 1 aromatic heterocycles. The van der Waals surface area contributed by atoms with Crippen molar-refractivity contribution in [2.45, 2.75) is 52.2 Å². The van der Waals surface area contributed by atoms with Crippen molar-refractivity contribution in [2.24, 2.45) is 10.9 Å². The van der Waals surface area contributed by atoms with Crippen LogP contribution in [0.4, 0.5) is 0 Å². The Morgan fingerprint density at radius 3 is 2.90 bits per heavy atom. The maximum atomic E-state index is 8.87. The molecule has 20 heavy (non-hydrogen) atoms. The largest absolute Gasteiger partial charge is 0.409 e. The van der Waals surface area contributed by atoms with Crippen molar-refractivity contribution < 1.29 is 5.21 Å². The summed E-state index contributed by atoms with van der Waals surface area (Å²) in [5.74, 6) is 0.275. The van der Waals surface area contributed by atoms with Gasteiger partial charge in [-0.15, -0.1) is 0 Å². The van der Waals surface area contributed by atoms with Crippen molar-refractivity contribution >= 4 is 17.4 Å². The molecule has 6 nitrogen and oxygen atoms in total. The molecule has 2 rings (SSSR count). The molecular weight excluding hydrogens is 278 g/mol. The average molecular weight is 300 g/mol. The number of amidine groups is 1. The summed E-state index contributed by atoms with van der Waals surface area (Å²) in [5, 5.41) is 17.3. The van der Waals surface area contributed by atoms with Gasteiger partial charge < -0.3 is 10.9 Å². The number of hydrogen-bond donors (Lipinski definition) is 2. The molecule has 1 aliphatic heterocycles. The Hall–Kier alpha value is -1.27. The number of rotatable bonds is 5. The van der Waals surface area contributed by atoms with Gasteiger partial charge in [-0.3, -0.25) is 9.58 Å². The number of aromatic nitrogens is 2. The fourth-order valence-corrected chi connectivity index (χ4v) is 3.11. The molecule has 1 aliphatic rings. The summed E-state index contributed by atoms with van der Waals surface area (Å²) < 4.78 is 1.95. The molecule has 1 atom stereocenters. The lowest BCUT2D eigenvalue weighted by Gasteiger charge is -2.23. The summed E-state index contributed by atoms with van der Waals surface area (Å²) in [7, 11) is 0. The molecule has 0 radical (unpaired) electrons. The molecule has 0 aliphatic carbocycles. The van der Waals surface area contributed by atoms with Crippen LogP contribution in [0.1, 0.15) is 38.1 Å². The second-order valence-corrected chi connectivity index (χ2v) is 5.41. The SMILES string of the molecule is CCc1nn(CC)c(CN2CCCC2C(N)=NO)c1Cl. The zero-order valence-electron chi connectivity index (χ0n) is 12.0. The standard InChI is InChI=1S/C13H22ClN5O/c1-3-9-12(14)11(19(4-2)16-9)8-18-7-5-6-10(18)13(15)17-20/h10,20H,3-8H2,1-2H3,(H2,15,17). The summed E-state index contributed by atoms with van der Waals surface area (Å²) in [6.07, 6.45) is 2.77. The van der Waals surface area contributed by atoms with E-state index in [1.807, 2.05) is 11.6 Å². The van der Waals surface area contributed by atoms with Gasteiger partial charge in [0.1, 0.15) is 0 Å². The van der Waals surface area contributed by atoms with Crippen LogP contribution in [0.2, 0.25) is 5.02 Å². The Morgan fingerprint density at radius 2 is 2.30 bits per heavy atom. The minimum Gasteiger partial charge on any atom is -0.409 e. The molecule has 0 saturated carbocycles. The van der Waals surface area contributed by atoms with Gasteiger partial charge in [-0.25, -0.2) is 0 Å². The van der Waals surface area contributed by atoms with E-state index in [2.05, 4.69) is 22.1 Å². The van der Waals surface area contributed by atoms with Crippen LogP contribution in [0.25, 0.3) is 0 Å². The molecular formula is C13H22ClN5O. The van der Waals surface area contributed by atoms with Crippen molar-refractivity contribution in [3.05, 3.63) is 16.4 Å². The van der Waals surface area contributed by atoms with Gasteiger partial charge in [0.25, 0.3) is 0 Å². The van der Waals surface area contributed by atoms with Crippen LogP contribution in [-0.4, -0.2) is 38.3 Å². The first-order chi connectivity index (χ1) is 9.62. The molecule has 7 heteroatoms. The van der Waals surface area contributed by atoms with Crippen LogP contribution < -0.4 is 5.73 Å². The molecule has 0 bridgehead atoms. The number of oxime groups is 1. The molecule has 1 aromatic rings. The zero-order chi connectivity index (χ0) is 14.7. The van der Waals surface area contributed by atoms with Crippen molar-refractivity contribution in [2.75, 3.05) is 6.54 Å². The first kappa shape index (κ1) is 15.1. The van der Waals surface area contributed by atoms with E-state index in [4.69, 9.17) is 22.5 Å². The van der Waals surface area contributed by atoms with Gasteiger partial charge in [-0.2, -0.15) is 5.10 Å². The third kappa shape index (κ3) is 2.76. The summed E-state index contributed by atoms with van der Waals surface area (Å²) in [6, 6.07) is -0.0126. The van der Waals surface area contributed by atoms with Crippen LogP contribution in [0, 0.1) is 0 Å². The topological polar surface area (TPSA) is 79.7 Å². The fourth-order valence-electron chi connectivity index (χ4n) is 2.78. The predicted molar refractivity (Wildman–Crippen MR) is 79.1 cm³/mol. The van der Waals surface area contributed by atoms with Crippen molar-refractivity contribution in [3.63, 3.8) is 0 Å². The van der Waals surface area contributed by atoms with Gasteiger partial charge in [-0.1, -0.05) is 23.7 Å². The molecule has 2 heterocycles. The molecule has 1 saturated heterocycles. The highest BCUT2D eigenvalue weighted by Gasteiger charge is 2.30. The van der Waals surface area contributed by atoms with E-state index in [9.17, 15) is 0 Å². The highest BCUT2D eigenvalue weighted by molar-refractivity contribution is 6.31. The summed E-state index contributed by atoms with van der Waals surface area (Å²) in [6.45, 7) is 6.50. The monoisotopic (exact) mass is 299 g/mol. The van der Waals surface area contributed by atoms with Crippen molar-refractivity contribution in [1.82, 2.24) is 14.7 Å². The second kappa shape index (κ2) is 6.45. The summed E-state index contributed by atoms with van der Waals surface area (Å²) in [4.78, 5) is 2.20. The van der Waals surface area contributed by atoms with E-state index in [1.54, 1.807) is 0 Å². The lowest BCUT2D eigenvalue weighted by atomic mass is 10.2. The minimum absolute atomic E-state index is 0.0126. The number of aryl methyl sites for hydroxylation is 2. The van der Waals surface area contributed by atoms with Crippen molar-refractivity contribution in [1.29, 1.82) is 0 Å². The van der Waals surface area contributed by atoms with Gasteiger partial charge in [-0.05, 0) is 32.7 Å². The molecule has 0 spiro atoms. The Bertz CT molecular complexity index is 499. The van der Waals surface area contributed by atoms with Gasteiger partial charge >= 0.3 is 0 Å². The van der Waals surface area contributed by atoms with E-state index in [-0.39, 0.29) is 11.9 Å². The predicted octanol–water partition coefficient (Wildman–Crippen LogP) is 1.83. The van der Waals surface area contributed by atoms with E-state index in [0.717, 1.165) is 48.8 Å². The smallest absolute Gasteiger partial charge is 0.156 e. The lowest BCUT2D eigenvalue weighted by Crippen LogP contribution is -2.40. The Morgan fingerprint density at radius 1 is 1.55 bits per heavy atom. The quantitative estimate of drug-likeness (QED) is 0.376. The number of halogens is 1. The summed E-state index contributed by atoms with van der Waals surface area (Å²) in [5.41, 5.74) is 7.72. The van der Waals surface area contributed by atoms with Gasteiger partial charge in [0, 0.05) is 13.1 Å². The van der Waals surface area contributed by atoms with E-state index in [1.165, 1.54) is 0 Å². The molecule has 1 unspecified atom stereocenters. The summed E-state index contributed by atoms with van der Waals surface area (Å²) >= 11 is 6.43. The fraction of sp³-hybridized carbons (Fsp3) is 0.692. The minimum atomic E-state index is -0.0126. The third-order valence-electron chi connectivity index (χ3n) is 3.87. The Labute approximate surface area is 124 Å². The van der Waals surface area contributed by atoms with Crippen LogP contribution in [0.15, 0.2) is 5.16 Å². The lowest BCUT2D eigenvalue weighted by molar-refractivity contribution is 0.268. The maximum absolute atomic E-state index is 8.87. The number of hydrogen-bond acceptors (Lipinski definition) is 4. The number of nitrogens with zero attached hydrogens (tertiary/aromatic N) is 4. The molecule has 3 N–H and O–H groups in total. The Kier molecular flexibility index (Phi) is 4.88. The van der Waals surface area contributed by atoms with Crippen LogP contribution >= 0.6 is 11.6 Å². The van der Waals surface area contributed by atoms with E-state index in [0.29, 0.717) is 6.54 Å². The van der Waals surface area contributed by atoms with Gasteiger partial charge in [0.2, 0.25) is 0 Å².